The molecule has 1 unspecified atom stereocenters. The van der Waals surface area contributed by atoms with Crippen LogP contribution >= 0.6 is 0 Å². The average Bonchev–Trinajstić information content (AvgIpc) is 3.52. The molecule has 1 amide bonds. The summed E-state index contributed by atoms with van der Waals surface area (Å²) in [7, 11) is 1.64. The third-order valence-corrected chi connectivity index (χ3v) is 7.08. The second kappa shape index (κ2) is 9.50. The fourth-order valence-electron chi connectivity index (χ4n) is 4.98. The van der Waals surface area contributed by atoms with Crippen molar-refractivity contribution in [1.29, 1.82) is 0 Å². The number of anilines is 1. The van der Waals surface area contributed by atoms with Gasteiger partial charge >= 0.3 is 0 Å². The molecule has 1 aliphatic heterocycles. The van der Waals surface area contributed by atoms with Gasteiger partial charge in [-0.25, -0.2) is 4.39 Å². The van der Waals surface area contributed by atoms with E-state index in [4.69, 9.17) is 9.15 Å². The standard InChI is InChI=1S/C27H30FN3O3/c1-33-24-6-3-2-5-22(24)27(12-13-27)26(32)29-19-23(25-7-4-18-34-25)31-16-14-30(15-17-31)21-10-8-20(28)9-11-21/h2-11,18,23H,12-17,19H2,1H3,(H,29,32). The second-order valence-electron chi connectivity index (χ2n) is 9.02. The Morgan fingerprint density at radius 2 is 1.79 bits per heavy atom. The summed E-state index contributed by atoms with van der Waals surface area (Å²) in [6, 6.07) is 18.2. The van der Waals surface area contributed by atoms with Crippen molar-refractivity contribution in [1.82, 2.24) is 10.2 Å². The predicted octanol–water partition coefficient (Wildman–Crippen LogP) is 4.14. The van der Waals surface area contributed by atoms with E-state index in [2.05, 4.69) is 15.1 Å². The van der Waals surface area contributed by atoms with Crippen molar-refractivity contribution in [2.45, 2.75) is 24.3 Å². The molecule has 5 rings (SSSR count). The van der Waals surface area contributed by atoms with Crippen LogP contribution in [0.4, 0.5) is 10.1 Å². The van der Waals surface area contributed by atoms with Crippen LogP contribution in [0.25, 0.3) is 0 Å². The van der Waals surface area contributed by atoms with Gasteiger partial charge in [-0.1, -0.05) is 18.2 Å². The molecule has 2 aromatic carbocycles. The Hall–Kier alpha value is -3.32. The molecule has 3 aromatic rings. The zero-order chi connectivity index (χ0) is 23.5. The summed E-state index contributed by atoms with van der Waals surface area (Å²) in [6.07, 6.45) is 3.32. The topological polar surface area (TPSA) is 58.0 Å². The summed E-state index contributed by atoms with van der Waals surface area (Å²) in [5, 5.41) is 3.22. The Kier molecular flexibility index (Phi) is 6.28. The summed E-state index contributed by atoms with van der Waals surface area (Å²) in [6.45, 7) is 3.75. The first kappa shape index (κ1) is 22.5. The molecule has 1 aromatic heterocycles. The number of hydrogen-bond acceptors (Lipinski definition) is 5. The van der Waals surface area contributed by atoms with E-state index in [9.17, 15) is 9.18 Å². The van der Waals surface area contributed by atoms with Gasteiger partial charge in [0, 0.05) is 44.0 Å². The Balaban J connectivity index is 1.26. The van der Waals surface area contributed by atoms with Gasteiger partial charge in [-0.2, -0.15) is 0 Å². The Bertz CT molecular complexity index is 1100. The van der Waals surface area contributed by atoms with E-state index in [0.717, 1.165) is 61.8 Å². The number of piperazine rings is 1. The Morgan fingerprint density at radius 3 is 2.44 bits per heavy atom. The maximum absolute atomic E-state index is 13.4. The van der Waals surface area contributed by atoms with E-state index in [0.29, 0.717) is 6.54 Å². The molecule has 0 radical (unpaired) electrons. The molecule has 2 fully saturated rings. The predicted molar refractivity (Wildman–Crippen MR) is 129 cm³/mol. The van der Waals surface area contributed by atoms with Gasteiger partial charge in [-0.05, 0) is 55.3 Å². The molecular weight excluding hydrogens is 433 g/mol. The minimum Gasteiger partial charge on any atom is -0.496 e. The molecular formula is C27H30FN3O3. The van der Waals surface area contributed by atoms with E-state index >= 15 is 0 Å². The number of methoxy groups -OCH3 is 1. The number of carbonyl (C=O) groups is 1. The summed E-state index contributed by atoms with van der Waals surface area (Å²) >= 11 is 0. The summed E-state index contributed by atoms with van der Waals surface area (Å²) in [5.74, 6) is 1.42. The molecule has 1 N–H and O–H groups in total. The highest BCUT2D eigenvalue weighted by Gasteiger charge is 2.52. The molecule has 178 valence electrons. The number of para-hydroxylation sites is 1. The number of ether oxygens (including phenoxy) is 1. The van der Waals surface area contributed by atoms with Crippen LogP contribution in [0.5, 0.6) is 5.75 Å². The molecule has 1 atom stereocenters. The zero-order valence-corrected chi connectivity index (χ0v) is 19.4. The second-order valence-corrected chi connectivity index (χ2v) is 9.02. The number of rotatable bonds is 8. The lowest BCUT2D eigenvalue weighted by Crippen LogP contribution is -2.50. The van der Waals surface area contributed by atoms with Gasteiger partial charge in [0.15, 0.2) is 0 Å². The van der Waals surface area contributed by atoms with E-state index in [1.54, 1.807) is 13.4 Å². The first-order valence-corrected chi connectivity index (χ1v) is 11.8. The van der Waals surface area contributed by atoms with E-state index in [-0.39, 0.29) is 17.8 Å². The van der Waals surface area contributed by atoms with Crippen LogP contribution in [0, 0.1) is 5.82 Å². The molecule has 1 saturated carbocycles. The molecule has 0 spiro atoms. The normalized spacial score (nSPS) is 18.4. The van der Waals surface area contributed by atoms with Crippen molar-refractivity contribution < 1.29 is 18.3 Å². The summed E-state index contributed by atoms with van der Waals surface area (Å²) < 4.78 is 24.6. The maximum Gasteiger partial charge on any atom is 0.230 e. The lowest BCUT2D eigenvalue weighted by atomic mass is 9.93. The number of furan rings is 1. The van der Waals surface area contributed by atoms with Crippen molar-refractivity contribution in [2.75, 3.05) is 44.7 Å². The minimum atomic E-state index is -0.512. The Morgan fingerprint density at radius 1 is 1.06 bits per heavy atom. The fraction of sp³-hybridized carbons (Fsp3) is 0.370. The van der Waals surface area contributed by atoms with Gasteiger partial charge in [-0.15, -0.1) is 0 Å². The Labute approximate surface area is 199 Å². The highest BCUT2D eigenvalue weighted by atomic mass is 19.1. The van der Waals surface area contributed by atoms with Crippen LogP contribution in [0.3, 0.4) is 0 Å². The molecule has 2 aliphatic rings. The number of nitrogens with zero attached hydrogens (tertiary/aromatic N) is 2. The van der Waals surface area contributed by atoms with Crippen LogP contribution < -0.4 is 15.0 Å². The van der Waals surface area contributed by atoms with Crippen molar-refractivity contribution >= 4 is 11.6 Å². The number of nitrogens with one attached hydrogen (secondary N) is 1. The van der Waals surface area contributed by atoms with Gasteiger partial charge in [0.05, 0.1) is 24.8 Å². The highest BCUT2D eigenvalue weighted by molar-refractivity contribution is 5.92. The molecule has 6 nitrogen and oxygen atoms in total. The lowest BCUT2D eigenvalue weighted by Gasteiger charge is -2.39. The summed E-state index contributed by atoms with van der Waals surface area (Å²) in [5.41, 5.74) is 1.47. The molecule has 7 heteroatoms. The van der Waals surface area contributed by atoms with Gasteiger partial charge < -0.3 is 19.4 Å². The van der Waals surface area contributed by atoms with Crippen LogP contribution in [0.15, 0.2) is 71.3 Å². The van der Waals surface area contributed by atoms with E-state index in [1.165, 1.54) is 12.1 Å². The maximum atomic E-state index is 13.4. The van der Waals surface area contributed by atoms with Crippen molar-refractivity contribution in [3.63, 3.8) is 0 Å². The monoisotopic (exact) mass is 463 g/mol. The smallest absolute Gasteiger partial charge is 0.230 e. The number of carbonyl (C=O) groups excluding carboxylic acids is 1. The van der Waals surface area contributed by atoms with Gasteiger partial charge in [0.25, 0.3) is 0 Å². The largest absolute Gasteiger partial charge is 0.496 e. The summed E-state index contributed by atoms with van der Waals surface area (Å²) in [4.78, 5) is 18.0. The third kappa shape index (κ3) is 4.40. The van der Waals surface area contributed by atoms with Crippen molar-refractivity contribution in [3.8, 4) is 5.75 Å². The van der Waals surface area contributed by atoms with Gasteiger partial charge in [0.2, 0.25) is 5.91 Å². The first-order valence-electron chi connectivity index (χ1n) is 11.8. The minimum absolute atomic E-state index is 0.0403. The quantitative estimate of drug-likeness (QED) is 0.544. The molecule has 0 bridgehead atoms. The van der Waals surface area contributed by atoms with Gasteiger partial charge in [-0.3, -0.25) is 9.69 Å². The first-order chi connectivity index (χ1) is 16.6. The molecule has 1 saturated heterocycles. The van der Waals surface area contributed by atoms with E-state index < -0.39 is 5.41 Å². The highest BCUT2D eigenvalue weighted by Crippen LogP contribution is 2.51. The number of amides is 1. The van der Waals surface area contributed by atoms with Crippen molar-refractivity contribution in [3.05, 3.63) is 84.1 Å². The van der Waals surface area contributed by atoms with Gasteiger partial charge in [0.1, 0.15) is 17.3 Å². The van der Waals surface area contributed by atoms with Crippen molar-refractivity contribution in [2.24, 2.45) is 0 Å². The van der Waals surface area contributed by atoms with Crippen LogP contribution in [-0.4, -0.2) is 50.6 Å². The fourth-order valence-corrected chi connectivity index (χ4v) is 4.98. The third-order valence-electron chi connectivity index (χ3n) is 7.08. The van der Waals surface area contributed by atoms with Crippen LogP contribution in [-0.2, 0) is 10.2 Å². The van der Waals surface area contributed by atoms with Crippen LogP contribution in [0.2, 0.25) is 0 Å². The SMILES string of the molecule is COc1ccccc1C1(C(=O)NCC(c2ccco2)N2CCN(c3ccc(F)cc3)CC2)CC1. The zero-order valence-electron chi connectivity index (χ0n) is 19.4. The molecule has 2 heterocycles. The number of benzene rings is 2. The molecule has 34 heavy (non-hydrogen) atoms. The van der Waals surface area contributed by atoms with Crippen LogP contribution in [0.1, 0.15) is 30.2 Å². The van der Waals surface area contributed by atoms with E-state index in [1.807, 2.05) is 48.5 Å². The average molecular weight is 464 g/mol. The number of halogens is 1. The lowest BCUT2D eigenvalue weighted by molar-refractivity contribution is -0.123. The molecule has 1 aliphatic carbocycles. The number of hydrogen-bond donors (Lipinski definition) is 1.